The second-order valence-corrected chi connectivity index (χ2v) is 6.73. The molecule has 4 aliphatic carbocycles. The quantitative estimate of drug-likeness (QED) is 0.781. The van der Waals surface area contributed by atoms with Crippen molar-refractivity contribution in [3.8, 4) is 0 Å². The molecular formula is C15H25NO2. The Hall–Kier alpha value is -0.570. The molecule has 3 nitrogen and oxygen atoms in total. The number of methoxy groups -OCH3 is 1. The first-order valence-corrected chi connectivity index (χ1v) is 7.52. The molecule has 0 aliphatic heterocycles. The number of hydrogen-bond acceptors (Lipinski definition) is 3. The van der Waals surface area contributed by atoms with E-state index in [-0.39, 0.29) is 11.4 Å². The van der Waals surface area contributed by atoms with E-state index in [0.717, 1.165) is 44.4 Å². The molecule has 1 N–H and O–H groups in total. The van der Waals surface area contributed by atoms with E-state index >= 15 is 0 Å². The number of nitrogens with one attached hydrogen (secondary N) is 1. The van der Waals surface area contributed by atoms with Gasteiger partial charge in [-0.2, -0.15) is 0 Å². The number of fused-ring (bicyclic) bond motifs is 3. The van der Waals surface area contributed by atoms with E-state index in [1.165, 1.54) is 32.9 Å². The Kier molecular flexibility index (Phi) is 3.13. The third kappa shape index (κ3) is 1.97. The second-order valence-electron chi connectivity index (χ2n) is 6.73. The predicted molar refractivity (Wildman–Crippen MR) is 70.2 cm³/mol. The van der Waals surface area contributed by atoms with E-state index in [4.69, 9.17) is 4.74 Å². The molecule has 3 heteroatoms. The van der Waals surface area contributed by atoms with Gasteiger partial charge in [-0.15, -0.1) is 0 Å². The SMILES string of the molecule is COC(=O)C12CCC(NCC3CCC3)(CC1)CC2. The van der Waals surface area contributed by atoms with Crippen LogP contribution in [0.5, 0.6) is 0 Å². The summed E-state index contributed by atoms with van der Waals surface area (Å²) in [4.78, 5) is 11.9. The van der Waals surface area contributed by atoms with Crippen LogP contribution >= 0.6 is 0 Å². The van der Waals surface area contributed by atoms with Crippen molar-refractivity contribution in [3.05, 3.63) is 0 Å². The highest BCUT2D eigenvalue weighted by atomic mass is 16.5. The molecule has 0 amide bonds. The fourth-order valence-corrected chi connectivity index (χ4v) is 4.03. The van der Waals surface area contributed by atoms with Gasteiger partial charge in [0.05, 0.1) is 12.5 Å². The molecule has 0 aromatic rings. The lowest BCUT2D eigenvalue weighted by Gasteiger charge is -2.52. The van der Waals surface area contributed by atoms with Crippen LogP contribution in [0.1, 0.15) is 57.8 Å². The van der Waals surface area contributed by atoms with Gasteiger partial charge in [0.2, 0.25) is 0 Å². The summed E-state index contributed by atoms with van der Waals surface area (Å²) >= 11 is 0. The molecule has 0 saturated heterocycles. The van der Waals surface area contributed by atoms with E-state index in [1.807, 2.05) is 0 Å². The van der Waals surface area contributed by atoms with Crippen LogP contribution in [0.3, 0.4) is 0 Å². The maximum absolute atomic E-state index is 11.9. The second kappa shape index (κ2) is 4.52. The smallest absolute Gasteiger partial charge is 0.311 e. The number of hydrogen-bond donors (Lipinski definition) is 1. The molecule has 0 aromatic carbocycles. The molecule has 0 radical (unpaired) electrons. The summed E-state index contributed by atoms with van der Waals surface area (Å²) in [5, 5.41) is 3.85. The van der Waals surface area contributed by atoms with E-state index in [1.54, 1.807) is 0 Å². The Morgan fingerprint density at radius 3 is 2.22 bits per heavy atom. The molecule has 18 heavy (non-hydrogen) atoms. The van der Waals surface area contributed by atoms with Crippen LogP contribution in [0, 0.1) is 11.3 Å². The first-order chi connectivity index (χ1) is 8.68. The number of carbonyl (C=O) groups excluding carboxylic acids is 1. The largest absolute Gasteiger partial charge is 0.469 e. The number of esters is 1. The van der Waals surface area contributed by atoms with Gasteiger partial charge in [0.1, 0.15) is 0 Å². The standard InChI is InChI=1S/C15H25NO2/c1-18-13(17)14-5-8-15(9-6-14,10-7-14)16-11-12-3-2-4-12/h12,16H,2-11H2,1H3. The van der Waals surface area contributed by atoms with Crippen molar-refractivity contribution >= 4 is 5.97 Å². The molecule has 0 atom stereocenters. The summed E-state index contributed by atoms with van der Waals surface area (Å²) in [5.41, 5.74) is 0.222. The number of ether oxygens (including phenoxy) is 1. The Morgan fingerprint density at radius 2 is 1.78 bits per heavy atom. The van der Waals surface area contributed by atoms with Crippen molar-refractivity contribution in [2.24, 2.45) is 11.3 Å². The third-order valence-electron chi connectivity index (χ3n) is 5.86. The summed E-state index contributed by atoms with van der Waals surface area (Å²) < 4.78 is 5.01. The van der Waals surface area contributed by atoms with Gasteiger partial charge >= 0.3 is 5.97 Å². The molecule has 0 spiro atoms. The molecular weight excluding hydrogens is 226 g/mol. The zero-order valence-electron chi connectivity index (χ0n) is 11.5. The normalized spacial score (nSPS) is 39.4. The minimum Gasteiger partial charge on any atom is -0.469 e. The summed E-state index contributed by atoms with van der Waals surface area (Å²) in [7, 11) is 1.53. The van der Waals surface area contributed by atoms with E-state index in [2.05, 4.69) is 5.32 Å². The topological polar surface area (TPSA) is 38.3 Å². The predicted octanol–water partition coefficient (Wildman–Crippen LogP) is 2.64. The zero-order chi connectivity index (χ0) is 12.6. The fourth-order valence-electron chi connectivity index (χ4n) is 4.03. The molecule has 4 saturated carbocycles. The van der Waals surface area contributed by atoms with E-state index < -0.39 is 0 Å². The van der Waals surface area contributed by atoms with E-state index in [9.17, 15) is 4.79 Å². The monoisotopic (exact) mass is 251 g/mol. The molecule has 0 heterocycles. The average Bonchev–Trinajstić information content (AvgIpc) is 2.38. The Labute approximate surface area is 110 Å². The number of rotatable bonds is 4. The van der Waals surface area contributed by atoms with E-state index in [0.29, 0.717) is 5.54 Å². The van der Waals surface area contributed by atoms with Gasteiger partial charge in [0, 0.05) is 5.54 Å². The molecule has 102 valence electrons. The van der Waals surface area contributed by atoms with Gasteiger partial charge in [0.15, 0.2) is 0 Å². The Balaban J connectivity index is 1.58. The van der Waals surface area contributed by atoms with Crippen molar-refractivity contribution in [2.75, 3.05) is 13.7 Å². The van der Waals surface area contributed by atoms with Gasteiger partial charge in [-0.05, 0) is 63.8 Å². The zero-order valence-corrected chi connectivity index (χ0v) is 11.5. The maximum atomic E-state index is 11.9. The van der Waals surface area contributed by atoms with Crippen molar-refractivity contribution in [1.82, 2.24) is 5.32 Å². The van der Waals surface area contributed by atoms with Crippen LogP contribution in [-0.2, 0) is 9.53 Å². The molecule has 4 aliphatic rings. The fraction of sp³-hybridized carbons (Fsp3) is 0.933. The maximum Gasteiger partial charge on any atom is 0.311 e. The lowest BCUT2D eigenvalue weighted by Crippen LogP contribution is -2.58. The summed E-state index contributed by atoms with van der Waals surface area (Å²) in [6.07, 6.45) is 10.8. The molecule has 4 fully saturated rings. The highest BCUT2D eigenvalue weighted by Gasteiger charge is 2.52. The minimum absolute atomic E-state index is 0.0368. The van der Waals surface area contributed by atoms with Gasteiger partial charge in [-0.3, -0.25) is 4.79 Å². The van der Waals surface area contributed by atoms with Crippen molar-refractivity contribution in [2.45, 2.75) is 63.3 Å². The van der Waals surface area contributed by atoms with Gasteiger partial charge in [-0.25, -0.2) is 0 Å². The van der Waals surface area contributed by atoms with Crippen LogP contribution in [-0.4, -0.2) is 25.2 Å². The van der Waals surface area contributed by atoms with Crippen LogP contribution in [0.4, 0.5) is 0 Å². The highest BCUT2D eigenvalue weighted by molar-refractivity contribution is 5.77. The Bertz CT molecular complexity index is 311. The van der Waals surface area contributed by atoms with Crippen LogP contribution in [0.25, 0.3) is 0 Å². The van der Waals surface area contributed by atoms with Gasteiger partial charge < -0.3 is 10.1 Å². The van der Waals surface area contributed by atoms with Crippen LogP contribution in [0.2, 0.25) is 0 Å². The first-order valence-electron chi connectivity index (χ1n) is 7.52. The summed E-state index contributed by atoms with van der Waals surface area (Å²) in [6.45, 7) is 1.20. The van der Waals surface area contributed by atoms with Crippen molar-refractivity contribution < 1.29 is 9.53 Å². The lowest BCUT2D eigenvalue weighted by atomic mass is 9.57. The van der Waals surface area contributed by atoms with Crippen molar-refractivity contribution in [1.29, 1.82) is 0 Å². The summed E-state index contributed by atoms with van der Waals surface area (Å²) in [6, 6.07) is 0. The molecule has 0 aromatic heterocycles. The number of carbonyl (C=O) groups is 1. The van der Waals surface area contributed by atoms with Gasteiger partial charge in [0.25, 0.3) is 0 Å². The summed E-state index contributed by atoms with van der Waals surface area (Å²) in [5.74, 6) is 0.961. The minimum atomic E-state index is -0.130. The van der Waals surface area contributed by atoms with Gasteiger partial charge in [-0.1, -0.05) is 6.42 Å². The molecule has 2 bridgehead atoms. The molecule has 4 rings (SSSR count). The van der Waals surface area contributed by atoms with Crippen LogP contribution < -0.4 is 5.32 Å². The Morgan fingerprint density at radius 1 is 1.17 bits per heavy atom. The lowest BCUT2D eigenvalue weighted by molar-refractivity contribution is -0.160. The highest BCUT2D eigenvalue weighted by Crippen LogP contribution is 2.53. The van der Waals surface area contributed by atoms with Crippen LogP contribution in [0.15, 0.2) is 0 Å². The molecule has 0 unspecified atom stereocenters. The van der Waals surface area contributed by atoms with Crippen molar-refractivity contribution in [3.63, 3.8) is 0 Å². The average molecular weight is 251 g/mol. The third-order valence-corrected chi connectivity index (χ3v) is 5.86. The first kappa shape index (κ1) is 12.5.